The molecule has 0 aliphatic heterocycles. The summed E-state index contributed by atoms with van der Waals surface area (Å²) in [4.78, 5) is 13.0. The van der Waals surface area contributed by atoms with Crippen LogP contribution in [0.2, 0.25) is 0 Å². The largest absolute Gasteiger partial charge is 0.399 e. The molecule has 0 aliphatic rings. The van der Waals surface area contributed by atoms with Crippen LogP contribution in [-0.4, -0.2) is 19.5 Å². The highest BCUT2D eigenvalue weighted by molar-refractivity contribution is 14.1. The van der Waals surface area contributed by atoms with E-state index in [0.717, 1.165) is 5.56 Å². The molecule has 4 N–H and O–H groups in total. The van der Waals surface area contributed by atoms with Gasteiger partial charge in [-0.05, 0) is 52.4 Å². The average molecular weight is 460 g/mol. The number of nitrogens with two attached hydrogens (primary N) is 2. The molecular weight excluding hydrogens is 446 g/mol. The van der Waals surface area contributed by atoms with Gasteiger partial charge in [0.15, 0.2) is 5.65 Å². The molecule has 0 saturated carbocycles. The maximum absolute atomic E-state index is 14.6. The third-order valence-corrected chi connectivity index (χ3v) is 4.85. The Kier molecular flexibility index (Phi) is 4.19. The summed E-state index contributed by atoms with van der Waals surface area (Å²) in [5, 5.41) is 0. The summed E-state index contributed by atoms with van der Waals surface area (Å²) in [7, 11) is 0. The summed E-state index contributed by atoms with van der Waals surface area (Å²) in [6, 6.07) is 12.7. The van der Waals surface area contributed by atoms with E-state index >= 15 is 0 Å². The van der Waals surface area contributed by atoms with Crippen molar-refractivity contribution in [3.05, 3.63) is 63.7 Å². The molecule has 26 heavy (non-hydrogen) atoms. The number of hydrogen-bond donors (Lipinski definition) is 2. The van der Waals surface area contributed by atoms with Crippen LogP contribution >= 0.6 is 22.6 Å². The van der Waals surface area contributed by atoms with E-state index in [0.29, 0.717) is 38.2 Å². The zero-order chi connectivity index (χ0) is 18.3. The van der Waals surface area contributed by atoms with Crippen LogP contribution in [0.25, 0.3) is 22.4 Å². The third kappa shape index (κ3) is 2.96. The van der Waals surface area contributed by atoms with Crippen LogP contribution in [-0.2, 0) is 6.54 Å². The number of nitrogens with zero attached hydrogens (tertiary/aromatic N) is 4. The van der Waals surface area contributed by atoms with Crippen molar-refractivity contribution in [3.63, 3.8) is 0 Å². The Hall–Kier alpha value is -2.75. The minimum absolute atomic E-state index is 0.0739. The summed E-state index contributed by atoms with van der Waals surface area (Å²) in [6.45, 7) is 0.543. The summed E-state index contributed by atoms with van der Waals surface area (Å²) in [5.41, 5.74) is 15.2. The zero-order valence-electron chi connectivity index (χ0n) is 13.5. The van der Waals surface area contributed by atoms with Crippen molar-refractivity contribution in [2.75, 3.05) is 11.5 Å². The lowest BCUT2D eigenvalue weighted by atomic mass is 10.1. The number of fused-ring (bicyclic) bond motifs is 1. The normalized spacial score (nSPS) is 11.2. The minimum Gasteiger partial charge on any atom is -0.399 e. The van der Waals surface area contributed by atoms with E-state index in [4.69, 9.17) is 11.5 Å². The van der Waals surface area contributed by atoms with Gasteiger partial charge in [-0.2, -0.15) is 4.98 Å². The number of hydrogen-bond acceptors (Lipinski definition) is 5. The van der Waals surface area contributed by atoms with Gasteiger partial charge in [0.1, 0.15) is 17.0 Å². The highest BCUT2D eigenvalue weighted by Gasteiger charge is 2.18. The smallest absolute Gasteiger partial charge is 0.222 e. The number of imidazole rings is 1. The Morgan fingerprint density at radius 1 is 1.04 bits per heavy atom. The number of rotatable bonds is 3. The third-order valence-electron chi connectivity index (χ3n) is 4.02. The predicted molar refractivity (Wildman–Crippen MR) is 108 cm³/mol. The monoisotopic (exact) mass is 460 g/mol. The van der Waals surface area contributed by atoms with Crippen molar-refractivity contribution in [1.82, 2.24) is 19.5 Å². The van der Waals surface area contributed by atoms with Crippen molar-refractivity contribution >= 4 is 45.4 Å². The van der Waals surface area contributed by atoms with Gasteiger partial charge < -0.3 is 16.0 Å². The zero-order valence-corrected chi connectivity index (χ0v) is 15.7. The average Bonchev–Trinajstić information content (AvgIpc) is 3.01. The fraction of sp³-hybridized carbons (Fsp3) is 0.0556. The van der Waals surface area contributed by atoms with Gasteiger partial charge >= 0.3 is 0 Å². The van der Waals surface area contributed by atoms with Gasteiger partial charge in [0, 0.05) is 14.8 Å². The summed E-state index contributed by atoms with van der Waals surface area (Å²) in [5.74, 6) is -0.273. The molecule has 4 rings (SSSR count). The SMILES string of the molecule is Nc1ccc(Cn2cnc3c(-c4cccc(I)c4F)nc(N)nc32)cc1. The summed E-state index contributed by atoms with van der Waals surface area (Å²) >= 11 is 1.95. The van der Waals surface area contributed by atoms with E-state index in [1.807, 2.05) is 51.4 Å². The first-order chi connectivity index (χ1) is 12.5. The minimum atomic E-state index is -0.347. The molecule has 0 aliphatic carbocycles. The van der Waals surface area contributed by atoms with Crippen molar-refractivity contribution in [3.8, 4) is 11.3 Å². The van der Waals surface area contributed by atoms with E-state index < -0.39 is 0 Å². The van der Waals surface area contributed by atoms with Crippen LogP contribution in [0.4, 0.5) is 16.0 Å². The summed E-state index contributed by atoms with van der Waals surface area (Å²) in [6.07, 6.45) is 1.66. The van der Waals surface area contributed by atoms with Crippen LogP contribution in [0.3, 0.4) is 0 Å². The standard InChI is InChI=1S/C18H14FIN6/c19-14-12(2-1-3-13(14)20)15-16-17(25-18(22)24-15)26(9-23-16)8-10-4-6-11(21)7-5-10/h1-7,9H,8,21H2,(H2,22,24,25). The molecule has 0 atom stereocenters. The number of aromatic nitrogens is 4. The van der Waals surface area contributed by atoms with Crippen molar-refractivity contribution in [1.29, 1.82) is 0 Å². The number of halogens is 2. The molecule has 2 aromatic heterocycles. The molecule has 8 heteroatoms. The number of benzene rings is 2. The second-order valence-electron chi connectivity index (χ2n) is 5.82. The lowest BCUT2D eigenvalue weighted by Crippen LogP contribution is -2.04. The van der Waals surface area contributed by atoms with Crippen LogP contribution in [0.1, 0.15) is 5.56 Å². The van der Waals surface area contributed by atoms with Crippen molar-refractivity contribution < 1.29 is 4.39 Å². The fourth-order valence-electron chi connectivity index (χ4n) is 2.77. The van der Waals surface area contributed by atoms with Gasteiger partial charge in [-0.1, -0.05) is 18.2 Å². The van der Waals surface area contributed by atoms with Crippen LogP contribution in [0.5, 0.6) is 0 Å². The Morgan fingerprint density at radius 2 is 1.81 bits per heavy atom. The molecule has 0 amide bonds. The van der Waals surface area contributed by atoms with Crippen molar-refractivity contribution in [2.45, 2.75) is 6.54 Å². The molecule has 2 aromatic carbocycles. The first kappa shape index (κ1) is 16.7. The highest BCUT2D eigenvalue weighted by Crippen LogP contribution is 2.30. The van der Waals surface area contributed by atoms with E-state index in [-0.39, 0.29) is 11.8 Å². The maximum atomic E-state index is 14.6. The molecule has 0 radical (unpaired) electrons. The lowest BCUT2D eigenvalue weighted by molar-refractivity contribution is 0.623. The molecule has 0 fully saturated rings. The fourth-order valence-corrected chi connectivity index (χ4v) is 3.27. The van der Waals surface area contributed by atoms with E-state index in [2.05, 4.69) is 15.0 Å². The second-order valence-corrected chi connectivity index (χ2v) is 6.98. The van der Waals surface area contributed by atoms with E-state index in [9.17, 15) is 4.39 Å². The van der Waals surface area contributed by atoms with Crippen LogP contribution < -0.4 is 11.5 Å². The number of anilines is 2. The molecular formula is C18H14FIN6. The predicted octanol–water partition coefficient (Wildman–Crippen LogP) is 3.45. The number of nitrogen functional groups attached to an aromatic ring is 2. The topological polar surface area (TPSA) is 95.6 Å². The molecule has 0 bridgehead atoms. The molecule has 4 aromatic rings. The first-order valence-electron chi connectivity index (χ1n) is 7.80. The molecule has 130 valence electrons. The quantitative estimate of drug-likeness (QED) is 0.361. The summed E-state index contributed by atoms with van der Waals surface area (Å²) < 4.78 is 16.9. The van der Waals surface area contributed by atoms with Gasteiger partial charge in [-0.15, -0.1) is 0 Å². The molecule has 2 heterocycles. The van der Waals surface area contributed by atoms with E-state index in [1.165, 1.54) is 0 Å². The lowest BCUT2D eigenvalue weighted by Gasteiger charge is -2.08. The Labute approximate surface area is 162 Å². The second kappa shape index (κ2) is 6.52. The van der Waals surface area contributed by atoms with Gasteiger partial charge in [-0.3, -0.25) is 0 Å². The Morgan fingerprint density at radius 3 is 2.58 bits per heavy atom. The van der Waals surface area contributed by atoms with E-state index in [1.54, 1.807) is 24.5 Å². The molecule has 0 spiro atoms. The van der Waals surface area contributed by atoms with Crippen LogP contribution in [0, 0.1) is 9.39 Å². The first-order valence-corrected chi connectivity index (χ1v) is 8.88. The molecule has 6 nitrogen and oxygen atoms in total. The maximum Gasteiger partial charge on any atom is 0.222 e. The Balaban J connectivity index is 1.85. The molecule has 0 saturated heterocycles. The van der Waals surface area contributed by atoms with Gasteiger partial charge in [0.25, 0.3) is 0 Å². The Bertz CT molecular complexity index is 1110. The van der Waals surface area contributed by atoms with Gasteiger partial charge in [-0.25, -0.2) is 14.4 Å². The van der Waals surface area contributed by atoms with Gasteiger partial charge in [0.05, 0.1) is 12.9 Å². The molecule has 0 unspecified atom stereocenters. The van der Waals surface area contributed by atoms with Crippen LogP contribution in [0.15, 0.2) is 48.8 Å². The van der Waals surface area contributed by atoms with Gasteiger partial charge in [0.2, 0.25) is 5.95 Å². The highest BCUT2D eigenvalue weighted by atomic mass is 127. The van der Waals surface area contributed by atoms with Crippen molar-refractivity contribution in [2.24, 2.45) is 0 Å².